The molecular formula is C10H15NO5S2. The lowest BCUT2D eigenvalue weighted by Gasteiger charge is -2.14. The highest BCUT2D eigenvalue weighted by molar-refractivity contribution is 7.98. The van der Waals surface area contributed by atoms with Gasteiger partial charge in [-0.3, -0.25) is 0 Å². The Kier molecular flexibility index (Phi) is 5.24. The van der Waals surface area contributed by atoms with E-state index >= 15 is 0 Å². The molecule has 0 bridgehead atoms. The molecule has 0 saturated heterocycles. The maximum Gasteiger partial charge on any atom is 0.371 e. The van der Waals surface area contributed by atoms with Crippen LogP contribution in [0.2, 0.25) is 0 Å². The third-order valence-electron chi connectivity index (χ3n) is 2.24. The van der Waals surface area contributed by atoms with E-state index < -0.39 is 21.8 Å². The zero-order valence-corrected chi connectivity index (χ0v) is 11.7. The van der Waals surface area contributed by atoms with Crippen LogP contribution in [-0.4, -0.2) is 37.5 Å². The van der Waals surface area contributed by atoms with Crippen molar-refractivity contribution in [3.63, 3.8) is 0 Å². The monoisotopic (exact) mass is 293 g/mol. The van der Waals surface area contributed by atoms with E-state index in [-0.39, 0.29) is 11.1 Å². The smallest absolute Gasteiger partial charge is 0.371 e. The molecule has 102 valence electrons. The van der Waals surface area contributed by atoms with Crippen molar-refractivity contribution in [1.29, 1.82) is 0 Å². The quantitative estimate of drug-likeness (QED) is 0.788. The van der Waals surface area contributed by atoms with Gasteiger partial charge in [-0.1, -0.05) is 6.92 Å². The molecule has 1 rings (SSSR count). The van der Waals surface area contributed by atoms with E-state index in [0.29, 0.717) is 12.2 Å². The van der Waals surface area contributed by atoms with Crippen LogP contribution in [0.5, 0.6) is 0 Å². The lowest BCUT2D eigenvalue weighted by atomic mass is 10.3. The highest BCUT2D eigenvalue weighted by Gasteiger charge is 2.23. The van der Waals surface area contributed by atoms with E-state index in [4.69, 9.17) is 9.52 Å². The van der Waals surface area contributed by atoms with Crippen LogP contribution in [-0.2, 0) is 10.0 Å². The summed E-state index contributed by atoms with van der Waals surface area (Å²) in [5.74, 6) is -1.05. The number of rotatable bonds is 7. The third-order valence-corrected chi connectivity index (χ3v) is 4.37. The average molecular weight is 293 g/mol. The number of sulfonamides is 1. The maximum absolute atomic E-state index is 11.9. The molecule has 0 fully saturated rings. The van der Waals surface area contributed by atoms with Gasteiger partial charge in [-0.05, 0) is 24.8 Å². The second kappa shape index (κ2) is 6.26. The minimum atomic E-state index is -3.80. The summed E-state index contributed by atoms with van der Waals surface area (Å²) in [4.78, 5) is 10.6. The lowest BCUT2D eigenvalue weighted by molar-refractivity contribution is 0.0656. The molecule has 0 aliphatic rings. The van der Waals surface area contributed by atoms with Gasteiger partial charge >= 0.3 is 5.97 Å². The molecule has 0 aliphatic carbocycles. The van der Waals surface area contributed by atoms with Gasteiger partial charge in [0.1, 0.15) is 0 Å². The maximum atomic E-state index is 11.9. The Morgan fingerprint density at radius 3 is 2.67 bits per heavy atom. The molecule has 1 unspecified atom stereocenters. The summed E-state index contributed by atoms with van der Waals surface area (Å²) in [5, 5.41) is 8.29. The third kappa shape index (κ3) is 3.76. The molecular weight excluding hydrogens is 278 g/mol. The van der Waals surface area contributed by atoms with Gasteiger partial charge in [0.05, 0.1) is 0 Å². The molecule has 6 nitrogen and oxygen atoms in total. The Bertz CT molecular complexity index is 508. The van der Waals surface area contributed by atoms with Gasteiger partial charge in [-0.25, -0.2) is 17.9 Å². The summed E-state index contributed by atoms with van der Waals surface area (Å²) >= 11 is 1.53. The molecule has 1 aromatic rings. The summed E-state index contributed by atoms with van der Waals surface area (Å²) in [5.41, 5.74) is 0. The highest BCUT2D eigenvalue weighted by Crippen LogP contribution is 2.15. The van der Waals surface area contributed by atoms with E-state index in [9.17, 15) is 13.2 Å². The molecule has 0 amide bonds. The van der Waals surface area contributed by atoms with Crippen molar-refractivity contribution in [3.8, 4) is 0 Å². The number of carboxylic acid groups (broad SMARTS) is 1. The predicted molar refractivity (Wildman–Crippen MR) is 68.4 cm³/mol. The van der Waals surface area contributed by atoms with Crippen LogP contribution in [0.4, 0.5) is 0 Å². The van der Waals surface area contributed by atoms with E-state index in [0.717, 1.165) is 12.1 Å². The number of nitrogens with one attached hydrogen (secondary N) is 1. The molecule has 0 saturated carbocycles. The number of hydrogen-bond donors (Lipinski definition) is 2. The minimum absolute atomic E-state index is 0.205. The summed E-state index contributed by atoms with van der Waals surface area (Å²) in [6.45, 7) is 1.87. The van der Waals surface area contributed by atoms with Gasteiger partial charge in [0.15, 0.2) is 0 Å². The first-order valence-corrected chi connectivity index (χ1v) is 8.12. The average Bonchev–Trinajstić information content (AvgIpc) is 2.78. The fourth-order valence-electron chi connectivity index (χ4n) is 1.29. The van der Waals surface area contributed by atoms with Gasteiger partial charge < -0.3 is 9.52 Å². The van der Waals surface area contributed by atoms with Gasteiger partial charge in [0.25, 0.3) is 10.0 Å². The number of aromatic carboxylic acids is 1. The summed E-state index contributed by atoms with van der Waals surface area (Å²) < 4.78 is 31.1. The molecule has 1 heterocycles. The van der Waals surface area contributed by atoms with Crippen molar-refractivity contribution in [3.05, 3.63) is 17.9 Å². The van der Waals surface area contributed by atoms with Crippen molar-refractivity contribution in [1.82, 2.24) is 4.72 Å². The Morgan fingerprint density at radius 2 is 2.22 bits per heavy atom. The Morgan fingerprint density at radius 1 is 1.56 bits per heavy atom. The number of thioether (sulfide) groups is 1. The van der Waals surface area contributed by atoms with Crippen molar-refractivity contribution in [2.45, 2.75) is 24.5 Å². The Hall–Kier alpha value is -0.990. The Balaban J connectivity index is 2.88. The molecule has 0 aliphatic heterocycles. The first-order chi connectivity index (χ1) is 8.40. The molecule has 0 aromatic carbocycles. The van der Waals surface area contributed by atoms with Crippen molar-refractivity contribution in [2.75, 3.05) is 12.0 Å². The van der Waals surface area contributed by atoms with Gasteiger partial charge in [0.2, 0.25) is 10.9 Å². The molecule has 1 aromatic heterocycles. The fourth-order valence-corrected chi connectivity index (χ4v) is 3.37. The minimum Gasteiger partial charge on any atom is -0.475 e. The van der Waals surface area contributed by atoms with Crippen LogP contribution in [0.15, 0.2) is 21.6 Å². The predicted octanol–water partition coefficient (Wildman–Crippen LogP) is 1.40. The largest absolute Gasteiger partial charge is 0.475 e. The second-order valence-corrected chi connectivity index (χ2v) is 6.16. The normalized spacial score (nSPS) is 13.4. The summed E-state index contributed by atoms with van der Waals surface area (Å²) in [6.07, 6.45) is 2.53. The zero-order chi connectivity index (χ0) is 13.8. The molecule has 0 radical (unpaired) electrons. The van der Waals surface area contributed by atoms with Crippen LogP contribution >= 0.6 is 11.8 Å². The van der Waals surface area contributed by atoms with Crippen molar-refractivity contribution < 1.29 is 22.7 Å². The van der Waals surface area contributed by atoms with Crippen LogP contribution in [0.3, 0.4) is 0 Å². The topological polar surface area (TPSA) is 96.6 Å². The van der Waals surface area contributed by atoms with Gasteiger partial charge in [-0.15, -0.1) is 0 Å². The van der Waals surface area contributed by atoms with Crippen LogP contribution in [0.1, 0.15) is 23.9 Å². The highest BCUT2D eigenvalue weighted by atomic mass is 32.2. The van der Waals surface area contributed by atoms with E-state index in [2.05, 4.69) is 4.72 Å². The number of furan rings is 1. The molecule has 2 N–H and O–H groups in total. The van der Waals surface area contributed by atoms with Crippen LogP contribution in [0.25, 0.3) is 0 Å². The Labute approximate surface area is 110 Å². The van der Waals surface area contributed by atoms with Gasteiger partial charge in [0, 0.05) is 11.8 Å². The zero-order valence-electron chi connectivity index (χ0n) is 10.0. The first-order valence-electron chi connectivity index (χ1n) is 5.25. The standard InChI is InChI=1S/C10H15NO5S2/c1-3-7(6-17-2)11-18(14,15)9-5-4-8(16-9)10(12)13/h4-5,7,11H,3,6H2,1-2H3,(H,12,13). The first kappa shape index (κ1) is 15.1. The number of carboxylic acids is 1. The van der Waals surface area contributed by atoms with E-state index in [1.807, 2.05) is 13.2 Å². The van der Waals surface area contributed by atoms with Crippen LogP contribution < -0.4 is 4.72 Å². The lowest BCUT2D eigenvalue weighted by Crippen LogP contribution is -2.35. The van der Waals surface area contributed by atoms with Crippen molar-refractivity contribution >= 4 is 27.8 Å². The second-order valence-electron chi connectivity index (χ2n) is 3.61. The summed E-state index contributed by atoms with van der Waals surface area (Å²) in [6, 6.07) is 2.05. The van der Waals surface area contributed by atoms with E-state index in [1.165, 1.54) is 11.8 Å². The number of carbonyl (C=O) groups is 1. The molecule has 18 heavy (non-hydrogen) atoms. The summed E-state index contributed by atoms with van der Waals surface area (Å²) in [7, 11) is -3.80. The van der Waals surface area contributed by atoms with Gasteiger partial charge in [-0.2, -0.15) is 11.8 Å². The molecule has 8 heteroatoms. The molecule has 0 spiro atoms. The van der Waals surface area contributed by atoms with E-state index in [1.54, 1.807) is 0 Å². The van der Waals surface area contributed by atoms with Crippen LogP contribution in [0, 0.1) is 0 Å². The number of hydrogen-bond acceptors (Lipinski definition) is 5. The molecule has 1 atom stereocenters. The fraction of sp³-hybridized carbons (Fsp3) is 0.500. The SMILES string of the molecule is CCC(CSC)NS(=O)(=O)c1ccc(C(=O)O)o1. The van der Waals surface area contributed by atoms with Crippen molar-refractivity contribution in [2.24, 2.45) is 0 Å².